The van der Waals surface area contributed by atoms with E-state index < -0.39 is 18.0 Å². The highest BCUT2D eigenvalue weighted by molar-refractivity contribution is 5.92. The van der Waals surface area contributed by atoms with Crippen LogP contribution in [0, 0.1) is 0 Å². The summed E-state index contributed by atoms with van der Waals surface area (Å²) in [7, 11) is 1.85. The second kappa shape index (κ2) is 8.97. The van der Waals surface area contributed by atoms with Crippen LogP contribution in [-0.4, -0.2) is 30.2 Å². The van der Waals surface area contributed by atoms with E-state index in [9.17, 15) is 9.59 Å². The van der Waals surface area contributed by atoms with Crippen LogP contribution in [0.25, 0.3) is 0 Å². The number of unbranched alkanes of at least 4 members (excludes halogenated alkanes) is 1. The van der Waals surface area contributed by atoms with Gasteiger partial charge in [-0.15, -0.1) is 0 Å². The summed E-state index contributed by atoms with van der Waals surface area (Å²) in [5.74, 6) is -1.01. The SMILES string of the molecule is CCCCC(NC(=O)Nc1cccc(CNC)c1)C(=O)O. The largest absolute Gasteiger partial charge is 0.480 e. The van der Waals surface area contributed by atoms with Gasteiger partial charge in [-0.2, -0.15) is 0 Å². The number of benzene rings is 1. The number of anilines is 1. The summed E-state index contributed by atoms with van der Waals surface area (Å²) in [4.78, 5) is 22.9. The molecule has 1 unspecified atom stereocenters. The molecule has 0 aliphatic heterocycles. The number of urea groups is 1. The molecule has 0 heterocycles. The van der Waals surface area contributed by atoms with Gasteiger partial charge in [-0.25, -0.2) is 9.59 Å². The Morgan fingerprint density at radius 1 is 1.33 bits per heavy atom. The normalized spacial score (nSPS) is 11.7. The van der Waals surface area contributed by atoms with Crippen molar-refractivity contribution in [2.45, 2.75) is 38.8 Å². The predicted molar refractivity (Wildman–Crippen MR) is 82.3 cm³/mol. The molecule has 116 valence electrons. The Morgan fingerprint density at radius 2 is 2.10 bits per heavy atom. The fourth-order valence-corrected chi connectivity index (χ4v) is 1.95. The average molecular weight is 293 g/mol. The molecule has 1 aromatic carbocycles. The molecule has 0 bridgehead atoms. The highest BCUT2D eigenvalue weighted by Crippen LogP contribution is 2.10. The lowest BCUT2D eigenvalue weighted by atomic mass is 10.1. The number of amides is 2. The number of carboxylic acid groups (broad SMARTS) is 1. The van der Waals surface area contributed by atoms with E-state index in [1.165, 1.54) is 0 Å². The van der Waals surface area contributed by atoms with Gasteiger partial charge in [0.25, 0.3) is 0 Å². The minimum Gasteiger partial charge on any atom is -0.480 e. The smallest absolute Gasteiger partial charge is 0.326 e. The Hall–Kier alpha value is -2.08. The lowest BCUT2D eigenvalue weighted by molar-refractivity contribution is -0.139. The maximum absolute atomic E-state index is 11.9. The molecule has 6 heteroatoms. The lowest BCUT2D eigenvalue weighted by Crippen LogP contribution is -2.42. The standard InChI is InChI=1S/C15H23N3O3/c1-3-4-8-13(14(19)20)18-15(21)17-12-7-5-6-11(9-12)10-16-2/h5-7,9,13,16H,3-4,8,10H2,1-2H3,(H,19,20)(H2,17,18,21). The van der Waals surface area contributed by atoms with E-state index in [4.69, 9.17) is 5.11 Å². The molecule has 6 nitrogen and oxygen atoms in total. The number of carbonyl (C=O) groups excluding carboxylic acids is 1. The molecule has 2 amide bonds. The number of hydrogen-bond donors (Lipinski definition) is 4. The topological polar surface area (TPSA) is 90.5 Å². The zero-order chi connectivity index (χ0) is 15.7. The third-order valence-electron chi connectivity index (χ3n) is 3.02. The quantitative estimate of drug-likeness (QED) is 0.591. The van der Waals surface area contributed by atoms with Crippen molar-refractivity contribution in [1.29, 1.82) is 0 Å². The summed E-state index contributed by atoms with van der Waals surface area (Å²) in [6, 6.07) is 6.04. The van der Waals surface area contributed by atoms with Gasteiger partial charge in [0.2, 0.25) is 0 Å². The summed E-state index contributed by atoms with van der Waals surface area (Å²) in [5, 5.41) is 17.3. The average Bonchev–Trinajstić information content (AvgIpc) is 2.44. The summed E-state index contributed by atoms with van der Waals surface area (Å²) < 4.78 is 0. The van der Waals surface area contributed by atoms with E-state index in [-0.39, 0.29) is 0 Å². The third kappa shape index (κ3) is 6.27. The molecule has 1 rings (SSSR count). The van der Waals surface area contributed by atoms with Crippen molar-refractivity contribution in [2.24, 2.45) is 0 Å². The molecule has 4 N–H and O–H groups in total. The molecular formula is C15H23N3O3. The Balaban J connectivity index is 2.58. The van der Waals surface area contributed by atoms with Crippen molar-refractivity contribution >= 4 is 17.7 Å². The van der Waals surface area contributed by atoms with Crippen LogP contribution < -0.4 is 16.0 Å². The van der Waals surface area contributed by atoms with Gasteiger partial charge >= 0.3 is 12.0 Å². The lowest BCUT2D eigenvalue weighted by Gasteiger charge is -2.15. The zero-order valence-corrected chi connectivity index (χ0v) is 12.5. The summed E-state index contributed by atoms with van der Waals surface area (Å²) in [6.07, 6.45) is 2.08. The van der Waals surface area contributed by atoms with Gasteiger partial charge in [-0.1, -0.05) is 31.9 Å². The van der Waals surface area contributed by atoms with Gasteiger partial charge in [0.15, 0.2) is 0 Å². The van der Waals surface area contributed by atoms with E-state index in [1.807, 2.05) is 32.2 Å². The van der Waals surface area contributed by atoms with Crippen LogP contribution in [0.2, 0.25) is 0 Å². The van der Waals surface area contributed by atoms with E-state index in [2.05, 4.69) is 16.0 Å². The minimum atomic E-state index is -1.01. The fraction of sp³-hybridized carbons (Fsp3) is 0.467. The van der Waals surface area contributed by atoms with Crippen LogP contribution in [0.5, 0.6) is 0 Å². The van der Waals surface area contributed by atoms with Crippen LogP contribution in [0.4, 0.5) is 10.5 Å². The molecular weight excluding hydrogens is 270 g/mol. The van der Waals surface area contributed by atoms with Gasteiger partial charge in [-0.3, -0.25) is 0 Å². The Labute approximate surface area is 124 Å². The van der Waals surface area contributed by atoms with E-state index >= 15 is 0 Å². The Bertz CT molecular complexity index is 477. The molecule has 1 aromatic rings. The highest BCUT2D eigenvalue weighted by Gasteiger charge is 2.19. The third-order valence-corrected chi connectivity index (χ3v) is 3.02. The molecule has 0 spiro atoms. The van der Waals surface area contributed by atoms with E-state index in [1.54, 1.807) is 6.07 Å². The summed E-state index contributed by atoms with van der Waals surface area (Å²) in [6.45, 7) is 2.68. The van der Waals surface area contributed by atoms with Gasteiger partial charge < -0.3 is 21.1 Å². The predicted octanol–water partition coefficient (Wildman–Crippen LogP) is 2.17. The number of rotatable bonds is 8. The summed E-state index contributed by atoms with van der Waals surface area (Å²) in [5.41, 5.74) is 1.68. The fourth-order valence-electron chi connectivity index (χ4n) is 1.95. The molecule has 0 aliphatic rings. The van der Waals surface area contributed by atoms with Crippen LogP contribution in [0.15, 0.2) is 24.3 Å². The number of carboxylic acids is 1. The van der Waals surface area contributed by atoms with Gasteiger partial charge in [-0.05, 0) is 31.2 Å². The monoisotopic (exact) mass is 293 g/mol. The number of nitrogens with one attached hydrogen (secondary N) is 3. The zero-order valence-electron chi connectivity index (χ0n) is 12.5. The van der Waals surface area contributed by atoms with E-state index in [0.29, 0.717) is 18.7 Å². The Kier molecular flexibility index (Phi) is 7.25. The van der Waals surface area contributed by atoms with Crippen LogP contribution in [-0.2, 0) is 11.3 Å². The second-order valence-electron chi connectivity index (χ2n) is 4.86. The Morgan fingerprint density at radius 3 is 2.71 bits per heavy atom. The molecule has 0 fully saturated rings. The van der Waals surface area contributed by atoms with Crippen LogP contribution >= 0.6 is 0 Å². The molecule has 0 saturated carbocycles. The van der Waals surface area contributed by atoms with E-state index in [0.717, 1.165) is 18.4 Å². The number of aliphatic carboxylic acids is 1. The molecule has 0 saturated heterocycles. The maximum atomic E-state index is 11.9. The number of carbonyl (C=O) groups is 2. The van der Waals surface area contributed by atoms with Crippen LogP contribution in [0.3, 0.4) is 0 Å². The first kappa shape index (κ1) is 17.0. The van der Waals surface area contributed by atoms with Crippen molar-refractivity contribution in [3.63, 3.8) is 0 Å². The maximum Gasteiger partial charge on any atom is 0.326 e. The van der Waals surface area contributed by atoms with Crippen LogP contribution in [0.1, 0.15) is 31.7 Å². The second-order valence-corrected chi connectivity index (χ2v) is 4.86. The van der Waals surface area contributed by atoms with Crippen molar-refractivity contribution in [3.8, 4) is 0 Å². The molecule has 1 atom stereocenters. The molecule has 21 heavy (non-hydrogen) atoms. The summed E-state index contributed by atoms with van der Waals surface area (Å²) >= 11 is 0. The first-order chi connectivity index (χ1) is 10.1. The number of hydrogen-bond acceptors (Lipinski definition) is 3. The molecule has 0 aliphatic carbocycles. The first-order valence-corrected chi connectivity index (χ1v) is 7.10. The first-order valence-electron chi connectivity index (χ1n) is 7.10. The van der Waals surface area contributed by atoms with Crippen molar-refractivity contribution < 1.29 is 14.7 Å². The van der Waals surface area contributed by atoms with Crippen molar-refractivity contribution in [3.05, 3.63) is 29.8 Å². The minimum absolute atomic E-state index is 0.430. The van der Waals surface area contributed by atoms with Gasteiger partial charge in [0.05, 0.1) is 0 Å². The molecule has 0 aromatic heterocycles. The molecule has 0 radical (unpaired) electrons. The van der Waals surface area contributed by atoms with Gasteiger partial charge in [0, 0.05) is 12.2 Å². The highest BCUT2D eigenvalue weighted by atomic mass is 16.4. The van der Waals surface area contributed by atoms with Gasteiger partial charge in [0.1, 0.15) is 6.04 Å². The van der Waals surface area contributed by atoms with Crippen molar-refractivity contribution in [2.75, 3.05) is 12.4 Å². The van der Waals surface area contributed by atoms with Crippen molar-refractivity contribution in [1.82, 2.24) is 10.6 Å².